The van der Waals surface area contributed by atoms with Gasteiger partial charge < -0.3 is 5.32 Å². The van der Waals surface area contributed by atoms with Gasteiger partial charge in [0, 0.05) is 22.8 Å². The van der Waals surface area contributed by atoms with Gasteiger partial charge in [-0.2, -0.15) is 0 Å². The third kappa shape index (κ3) is 4.30. The summed E-state index contributed by atoms with van der Waals surface area (Å²) in [5.41, 5.74) is 0.246. The highest BCUT2D eigenvalue weighted by atomic mass is 32.2. The maximum atomic E-state index is 12.9. The van der Waals surface area contributed by atoms with Crippen molar-refractivity contribution in [1.29, 1.82) is 0 Å². The molecule has 1 aromatic rings. The van der Waals surface area contributed by atoms with Gasteiger partial charge in [-0.25, -0.2) is 12.8 Å². The zero-order valence-corrected chi connectivity index (χ0v) is 11.5. The second kappa shape index (κ2) is 6.19. The van der Waals surface area contributed by atoms with Crippen LogP contribution in [0.15, 0.2) is 23.1 Å². The van der Waals surface area contributed by atoms with E-state index < -0.39 is 21.6 Å². The molecule has 0 aliphatic rings. The van der Waals surface area contributed by atoms with Crippen LogP contribution in [-0.2, 0) is 9.84 Å². The molecule has 18 heavy (non-hydrogen) atoms. The molecule has 0 atom stereocenters. The lowest BCUT2D eigenvalue weighted by Crippen LogP contribution is -2.29. The van der Waals surface area contributed by atoms with Gasteiger partial charge >= 0.3 is 0 Å². The zero-order chi connectivity index (χ0) is 13.8. The monoisotopic (exact) mass is 291 g/mol. The summed E-state index contributed by atoms with van der Waals surface area (Å²) in [4.78, 5) is 11.7. The van der Waals surface area contributed by atoms with Crippen LogP contribution in [0.4, 0.5) is 4.39 Å². The van der Waals surface area contributed by atoms with Crippen molar-refractivity contribution in [2.45, 2.75) is 11.8 Å². The predicted octanol–water partition coefficient (Wildman–Crippen LogP) is 1.28. The predicted molar refractivity (Wildman–Crippen MR) is 70.3 cm³/mol. The number of nitrogens with one attached hydrogen (secondary N) is 1. The van der Waals surface area contributed by atoms with Gasteiger partial charge in [0.1, 0.15) is 5.82 Å². The number of thiol groups is 1. The van der Waals surface area contributed by atoms with Gasteiger partial charge in [0.25, 0.3) is 5.91 Å². The third-order valence-electron chi connectivity index (χ3n) is 2.35. The molecular weight excluding hydrogens is 277 g/mol. The Kier molecular flexibility index (Phi) is 5.15. The molecule has 100 valence electrons. The van der Waals surface area contributed by atoms with Crippen LogP contribution in [0.25, 0.3) is 0 Å². The number of benzene rings is 1. The Labute approximate surface area is 111 Å². The fourth-order valence-electron chi connectivity index (χ4n) is 1.22. The molecule has 0 unspecified atom stereocenters. The molecule has 7 heteroatoms. The Hall–Kier alpha value is -1.08. The molecule has 4 nitrogen and oxygen atoms in total. The molecule has 1 aromatic carbocycles. The Morgan fingerprint density at radius 1 is 1.44 bits per heavy atom. The maximum absolute atomic E-state index is 12.9. The minimum atomic E-state index is -3.10. The summed E-state index contributed by atoms with van der Waals surface area (Å²) in [5.74, 6) is -1.02. The Morgan fingerprint density at radius 3 is 2.67 bits per heavy atom. The van der Waals surface area contributed by atoms with Crippen LogP contribution in [0.2, 0.25) is 0 Å². The summed E-state index contributed by atoms with van der Waals surface area (Å²) in [5, 5.41) is 2.46. The van der Waals surface area contributed by atoms with Gasteiger partial charge in [0.15, 0.2) is 9.84 Å². The van der Waals surface area contributed by atoms with Gasteiger partial charge in [-0.05, 0) is 18.2 Å². The van der Waals surface area contributed by atoms with E-state index in [1.165, 1.54) is 12.1 Å². The van der Waals surface area contributed by atoms with E-state index in [-0.39, 0.29) is 28.5 Å². The summed E-state index contributed by atoms with van der Waals surface area (Å²) >= 11 is 3.86. The molecule has 0 saturated carbocycles. The summed E-state index contributed by atoms with van der Waals surface area (Å²) in [6.07, 6.45) is 0. The molecule has 0 radical (unpaired) electrons. The normalized spacial score (nSPS) is 11.3. The molecule has 0 heterocycles. The SMILES string of the molecule is CCS(=O)(=O)CCNC(=O)c1ccc(F)c(S)c1. The highest BCUT2D eigenvalue weighted by molar-refractivity contribution is 7.91. The first-order valence-corrected chi connectivity index (χ1v) is 7.59. The fourth-order valence-corrected chi connectivity index (χ4v) is 2.14. The maximum Gasteiger partial charge on any atom is 0.251 e. The molecule has 0 saturated heterocycles. The third-order valence-corrected chi connectivity index (χ3v) is 4.40. The molecule has 0 spiro atoms. The van der Waals surface area contributed by atoms with Crippen LogP contribution in [0.3, 0.4) is 0 Å². The van der Waals surface area contributed by atoms with E-state index >= 15 is 0 Å². The number of sulfone groups is 1. The summed E-state index contributed by atoms with van der Waals surface area (Å²) in [7, 11) is -3.10. The lowest BCUT2D eigenvalue weighted by atomic mass is 10.2. The van der Waals surface area contributed by atoms with Crippen LogP contribution >= 0.6 is 12.6 Å². The van der Waals surface area contributed by atoms with Crippen molar-refractivity contribution < 1.29 is 17.6 Å². The molecule has 1 rings (SSSR count). The molecule has 1 N–H and O–H groups in total. The van der Waals surface area contributed by atoms with Crippen LogP contribution < -0.4 is 5.32 Å². The molecule has 0 bridgehead atoms. The molecule has 1 amide bonds. The van der Waals surface area contributed by atoms with Crippen LogP contribution in [0.1, 0.15) is 17.3 Å². The smallest absolute Gasteiger partial charge is 0.251 e. The number of hydrogen-bond acceptors (Lipinski definition) is 4. The minimum absolute atomic E-state index is 0.0360. The summed E-state index contributed by atoms with van der Waals surface area (Å²) in [6.45, 7) is 1.58. The van der Waals surface area contributed by atoms with Crippen molar-refractivity contribution in [3.8, 4) is 0 Å². The second-order valence-corrected chi connectivity index (χ2v) is 6.61. The number of hydrogen-bond donors (Lipinski definition) is 2. The van der Waals surface area contributed by atoms with Crippen molar-refractivity contribution in [2.75, 3.05) is 18.1 Å². The Bertz CT molecular complexity index is 543. The van der Waals surface area contributed by atoms with Crippen molar-refractivity contribution >= 4 is 28.4 Å². The van der Waals surface area contributed by atoms with Crippen molar-refractivity contribution in [1.82, 2.24) is 5.32 Å². The van der Waals surface area contributed by atoms with E-state index in [9.17, 15) is 17.6 Å². The quantitative estimate of drug-likeness (QED) is 0.803. The lowest BCUT2D eigenvalue weighted by Gasteiger charge is -2.06. The summed E-state index contributed by atoms with van der Waals surface area (Å²) in [6, 6.07) is 3.75. The average Bonchev–Trinajstić information content (AvgIpc) is 2.32. The number of halogens is 1. The zero-order valence-electron chi connectivity index (χ0n) is 9.81. The van der Waals surface area contributed by atoms with Gasteiger partial charge in [0.2, 0.25) is 0 Å². The van der Waals surface area contributed by atoms with Crippen molar-refractivity contribution in [3.05, 3.63) is 29.6 Å². The second-order valence-electron chi connectivity index (χ2n) is 3.66. The fraction of sp³-hybridized carbons (Fsp3) is 0.364. The molecular formula is C11H14FNO3S2. The van der Waals surface area contributed by atoms with Gasteiger partial charge in [-0.3, -0.25) is 4.79 Å². The first kappa shape index (κ1) is 15.0. The highest BCUT2D eigenvalue weighted by Gasteiger charge is 2.10. The van der Waals surface area contributed by atoms with Crippen molar-refractivity contribution in [2.24, 2.45) is 0 Å². The number of rotatable bonds is 5. The molecule has 0 fully saturated rings. The van der Waals surface area contributed by atoms with Crippen LogP contribution in [0.5, 0.6) is 0 Å². The molecule has 0 aromatic heterocycles. The highest BCUT2D eigenvalue weighted by Crippen LogP contribution is 2.13. The molecule has 0 aliphatic carbocycles. The largest absolute Gasteiger partial charge is 0.351 e. The molecule has 0 aliphatic heterocycles. The minimum Gasteiger partial charge on any atom is -0.351 e. The van der Waals surface area contributed by atoms with E-state index in [2.05, 4.69) is 17.9 Å². The van der Waals surface area contributed by atoms with E-state index in [4.69, 9.17) is 0 Å². The summed E-state index contributed by atoms with van der Waals surface area (Å²) < 4.78 is 35.3. The lowest BCUT2D eigenvalue weighted by molar-refractivity contribution is 0.0956. The van der Waals surface area contributed by atoms with Gasteiger partial charge in [0.05, 0.1) is 5.75 Å². The van der Waals surface area contributed by atoms with Crippen LogP contribution in [-0.4, -0.2) is 32.4 Å². The van der Waals surface area contributed by atoms with Gasteiger partial charge in [-0.1, -0.05) is 6.92 Å². The van der Waals surface area contributed by atoms with Crippen LogP contribution in [0, 0.1) is 5.82 Å². The topological polar surface area (TPSA) is 63.2 Å². The Morgan fingerprint density at radius 2 is 2.11 bits per heavy atom. The van der Waals surface area contributed by atoms with E-state index in [1.807, 2.05) is 0 Å². The Balaban J connectivity index is 2.58. The van der Waals surface area contributed by atoms with E-state index in [0.717, 1.165) is 6.07 Å². The number of carbonyl (C=O) groups excluding carboxylic acids is 1. The standard InChI is InChI=1S/C11H14FNO3S2/c1-2-18(15,16)6-5-13-11(14)8-3-4-9(12)10(17)7-8/h3-4,7,17H,2,5-6H2,1H3,(H,13,14). The first-order valence-electron chi connectivity index (χ1n) is 5.33. The average molecular weight is 291 g/mol. The van der Waals surface area contributed by atoms with E-state index in [0.29, 0.717) is 0 Å². The van der Waals surface area contributed by atoms with E-state index in [1.54, 1.807) is 6.92 Å². The number of amides is 1. The van der Waals surface area contributed by atoms with Crippen molar-refractivity contribution in [3.63, 3.8) is 0 Å². The first-order chi connectivity index (χ1) is 8.35. The number of carbonyl (C=O) groups is 1. The van der Waals surface area contributed by atoms with Gasteiger partial charge in [-0.15, -0.1) is 12.6 Å².